The predicted octanol–water partition coefficient (Wildman–Crippen LogP) is 0.778. The SMILES string of the molecule is COc1cccc(C(=O)NCCC(C)O)c1N. The van der Waals surface area contributed by atoms with E-state index in [0.717, 1.165) is 0 Å². The van der Waals surface area contributed by atoms with Gasteiger partial charge in [0.1, 0.15) is 5.75 Å². The number of carbonyl (C=O) groups is 1. The fraction of sp³-hybridized carbons (Fsp3) is 0.417. The number of para-hydroxylation sites is 1. The zero-order valence-corrected chi connectivity index (χ0v) is 10.1. The highest BCUT2D eigenvalue weighted by atomic mass is 16.5. The highest BCUT2D eigenvalue weighted by Gasteiger charge is 2.12. The Kier molecular flexibility index (Phi) is 4.78. The minimum absolute atomic E-state index is 0.262. The van der Waals surface area contributed by atoms with Crippen LogP contribution >= 0.6 is 0 Å². The molecule has 0 bridgehead atoms. The Bertz CT molecular complexity index is 391. The van der Waals surface area contributed by atoms with Crippen molar-refractivity contribution in [2.45, 2.75) is 19.4 Å². The third kappa shape index (κ3) is 3.64. The number of aliphatic hydroxyl groups is 1. The molecule has 1 rings (SSSR count). The Morgan fingerprint density at radius 3 is 2.88 bits per heavy atom. The quantitative estimate of drug-likeness (QED) is 0.662. The molecule has 17 heavy (non-hydrogen) atoms. The first-order valence-corrected chi connectivity index (χ1v) is 5.45. The lowest BCUT2D eigenvalue weighted by molar-refractivity contribution is 0.0946. The van der Waals surface area contributed by atoms with Gasteiger partial charge in [0.2, 0.25) is 0 Å². The Labute approximate surface area is 101 Å². The molecule has 0 aliphatic heterocycles. The Balaban J connectivity index is 2.69. The van der Waals surface area contributed by atoms with Crippen molar-refractivity contribution in [2.75, 3.05) is 19.4 Å². The number of carbonyl (C=O) groups excluding carboxylic acids is 1. The van der Waals surface area contributed by atoms with Crippen molar-refractivity contribution in [2.24, 2.45) is 0 Å². The number of ether oxygens (including phenoxy) is 1. The molecule has 0 aromatic heterocycles. The van der Waals surface area contributed by atoms with E-state index in [0.29, 0.717) is 30.0 Å². The van der Waals surface area contributed by atoms with Crippen molar-refractivity contribution < 1.29 is 14.6 Å². The highest BCUT2D eigenvalue weighted by molar-refractivity contribution is 6.00. The second kappa shape index (κ2) is 6.10. The average molecular weight is 238 g/mol. The molecule has 4 N–H and O–H groups in total. The zero-order chi connectivity index (χ0) is 12.8. The van der Waals surface area contributed by atoms with Crippen LogP contribution in [0.5, 0.6) is 5.75 Å². The van der Waals surface area contributed by atoms with Crippen molar-refractivity contribution in [3.8, 4) is 5.75 Å². The molecule has 1 unspecified atom stereocenters. The number of anilines is 1. The Morgan fingerprint density at radius 1 is 1.59 bits per heavy atom. The summed E-state index contributed by atoms with van der Waals surface area (Å²) in [7, 11) is 1.50. The zero-order valence-electron chi connectivity index (χ0n) is 10.1. The molecule has 1 aromatic rings. The summed E-state index contributed by atoms with van der Waals surface area (Å²) in [5.74, 6) is 0.218. The maximum Gasteiger partial charge on any atom is 0.253 e. The number of benzene rings is 1. The minimum Gasteiger partial charge on any atom is -0.495 e. The summed E-state index contributed by atoms with van der Waals surface area (Å²) in [6.07, 6.45) is 0.0771. The number of aliphatic hydroxyl groups excluding tert-OH is 1. The van der Waals surface area contributed by atoms with Crippen LogP contribution in [0, 0.1) is 0 Å². The van der Waals surface area contributed by atoms with E-state index in [-0.39, 0.29) is 5.91 Å². The first-order chi connectivity index (χ1) is 8.06. The van der Waals surface area contributed by atoms with Gasteiger partial charge < -0.3 is 20.9 Å². The number of nitrogens with two attached hydrogens (primary N) is 1. The third-order valence-corrected chi connectivity index (χ3v) is 2.38. The number of methoxy groups -OCH3 is 1. The molecule has 0 spiro atoms. The van der Waals surface area contributed by atoms with Crippen molar-refractivity contribution in [1.82, 2.24) is 5.32 Å². The van der Waals surface area contributed by atoms with Crippen LogP contribution < -0.4 is 15.8 Å². The van der Waals surface area contributed by atoms with Crippen molar-refractivity contribution >= 4 is 11.6 Å². The summed E-state index contributed by atoms with van der Waals surface area (Å²) in [5, 5.41) is 11.8. The normalized spacial score (nSPS) is 11.9. The Morgan fingerprint density at radius 2 is 2.29 bits per heavy atom. The summed E-state index contributed by atoms with van der Waals surface area (Å²) in [6.45, 7) is 2.08. The topological polar surface area (TPSA) is 84.6 Å². The number of nitrogen functional groups attached to an aromatic ring is 1. The smallest absolute Gasteiger partial charge is 0.253 e. The van der Waals surface area contributed by atoms with Gasteiger partial charge in [0.15, 0.2) is 0 Å². The Hall–Kier alpha value is -1.75. The van der Waals surface area contributed by atoms with E-state index in [2.05, 4.69) is 5.32 Å². The average Bonchev–Trinajstić information content (AvgIpc) is 2.28. The molecule has 0 aliphatic carbocycles. The molecule has 0 saturated heterocycles. The van der Waals surface area contributed by atoms with Crippen LogP contribution in [-0.4, -0.2) is 30.8 Å². The molecule has 0 heterocycles. The summed E-state index contributed by atoms with van der Waals surface area (Å²) in [6, 6.07) is 5.04. The second-order valence-corrected chi connectivity index (χ2v) is 3.82. The van der Waals surface area contributed by atoms with Gasteiger partial charge >= 0.3 is 0 Å². The van der Waals surface area contributed by atoms with Gasteiger partial charge in [-0.05, 0) is 25.5 Å². The van der Waals surface area contributed by atoms with E-state index >= 15 is 0 Å². The molecular weight excluding hydrogens is 220 g/mol. The molecular formula is C12H18N2O3. The minimum atomic E-state index is -0.432. The van der Waals surface area contributed by atoms with Gasteiger partial charge in [-0.15, -0.1) is 0 Å². The molecule has 1 aromatic carbocycles. The number of rotatable bonds is 5. The first kappa shape index (κ1) is 13.3. The largest absolute Gasteiger partial charge is 0.495 e. The fourth-order valence-corrected chi connectivity index (χ4v) is 1.41. The maximum absolute atomic E-state index is 11.8. The molecule has 5 nitrogen and oxygen atoms in total. The van der Waals surface area contributed by atoms with Gasteiger partial charge in [-0.2, -0.15) is 0 Å². The van der Waals surface area contributed by atoms with Crippen molar-refractivity contribution in [3.05, 3.63) is 23.8 Å². The van der Waals surface area contributed by atoms with Gasteiger partial charge in [-0.1, -0.05) is 6.07 Å². The maximum atomic E-state index is 11.8. The molecule has 5 heteroatoms. The van der Waals surface area contributed by atoms with Gasteiger partial charge in [0.05, 0.1) is 24.5 Å². The summed E-state index contributed by atoms with van der Waals surface area (Å²) >= 11 is 0. The molecule has 94 valence electrons. The van der Waals surface area contributed by atoms with Crippen molar-refractivity contribution in [3.63, 3.8) is 0 Å². The standard InChI is InChI=1S/C12H18N2O3/c1-8(15)6-7-14-12(16)9-4-3-5-10(17-2)11(9)13/h3-5,8,15H,6-7,13H2,1-2H3,(H,14,16). The van der Waals surface area contributed by atoms with E-state index < -0.39 is 6.10 Å². The monoisotopic (exact) mass is 238 g/mol. The lowest BCUT2D eigenvalue weighted by atomic mass is 10.1. The van der Waals surface area contributed by atoms with Crippen LogP contribution in [0.3, 0.4) is 0 Å². The highest BCUT2D eigenvalue weighted by Crippen LogP contribution is 2.24. The van der Waals surface area contributed by atoms with Crippen LogP contribution in [0.4, 0.5) is 5.69 Å². The van der Waals surface area contributed by atoms with Gasteiger partial charge in [0.25, 0.3) is 5.91 Å². The van der Waals surface area contributed by atoms with Gasteiger partial charge in [-0.3, -0.25) is 4.79 Å². The molecule has 1 amide bonds. The number of hydrogen-bond donors (Lipinski definition) is 3. The van der Waals surface area contributed by atoms with Crippen LogP contribution in [0.25, 0.3) is 0 Å². The fourth-order valence-electron chi connectivity index (χ4n) is 1.41. The molecule has 0 saturated carbocycles. The van der Waals surface area contributed by atoms with Gasteiger partial charge in [0, 0.05) is 6.54 Å². The van der Waals surface area contributed by atoms with Gasteiger partial charge in [-0.25, -0.2) is 0 Å². The molecule has 1 atom stereocenters. The van der Waals surface area contributed by atoms with Crippen LogP contribution in [0.2, 0.25) is 0 Å². The predicted molar refractivity (Wildman–Crippen MR) is 66.0 cm³/mol. The molecule has 0 aliphatic rings. The third-order valence-electron chi connectivity index (χ3n) is 2.38. The number of nitrogens with one attached hydrogen (secondary N) is 1. The van der Waals surface area contributed by atoms with Crippen molar-refractivity contribution in [1.29, 1.82) is 0 Å². The van der Waals surface area contributed by atoms with Crippen LogP contribution in [0.15, 0.2) is 18.2 Å². The number of amides is 1. The van der Waals surface area contributed by atoms with E-state index in [1.54, 1.807) is 25.1 Å². The van der Waals surface area contributed by atoms with E-state index in [1.807, 2.05) is 0 Å². The lowest BCUT2D eigenvalue weighted by Gasteiger charge is -2.10. The first-order valence-electron chi connectivity index (χ1n) is 5.45. The molecule has 0 fully saturated rings. The van der Waals surface area contributed by atoms with Crippen LogP contribution in [-0.2, 0) is 0 Å². The van der Waals surface area contributed by atoms with E-state index in [9.17, 15) is 4.79 Å². The van der Waals surface area contributed by atoms with Crippen LogP contribution in [0.1, 0.15) is 23.7 Å². The summed E-state index contributed by atoms with van der Waals surface area (Å²) in [4.78, 5) is 11.8. The molecule has 0 radical (unpaired) electrons. The second-order valence-electron chi connectivity index (χ2n) is 3.82. The lowest BCUT2D eigenvalue weighted by Crippen LogP contribution is -2.27. The van der Waals surface area contributed by atoms with E-state index in [4.69, 9.17) is 15.6 Å². The van der Waals surface area contributed by atoms with E-state index in [1.165, 1.54) is 7.11 Å². The summed E-state index contributed by atoms with van der Waals surface area (Å²) < 4.78 is 5.03. The number of hydrogen-bond acceptors (Lipinski definition) is 4. The summed E-state index contributed by atoms with van der Waals surface area (Å²) in [5.41, 5.74) is 6.50.